The van der Waals surface area contributed by atoms with Gasteiger partial charge in [-0.2, -0.15) is 5.26 Å². The van der Waals surface area contributed by atoms with Crippen LogP contribution < -0.4 is 5.32 Å². The van der Waals surface area contributed by atoms with Crippen molar-refractivity contribution < 1.29 is 4.74 Å². The number of nitrogens with one attached hydrogen (secondary N) is 1. The molecule has 22 heavy (non-hydrogen) atoms. The summed E-state index contributed by atoms with van der Waals surface area (Å²) in [5.74, 6) is 0. The molecule has 1 heterocycles. The molecule has 0 bridgehead atoms. The largest absolute Gasteiger partial charge is 0.381 e. The average molecular weight is 357 g/mol. The lowest BCUT2D eigenvalue weighted by Gasteiger charge is -2.31. The number of nitrogens with zero attached hydrogens (tertiary/aromatic N) is 1. The van der Waals surface area contributed by atoms with Crippen LogP contribution in [0.2, 0.25) is 0 Å². The van der Waals surface area contributed by atoms with Crippen molar-refractivity contribution in [2.24, 2.45) is 0 Å². The number of ether oxygens (including phenoxy) is 1. The van der Waals surface area contributed by atoms with Crippen LogP contribution in [0.4, 0.5) is 5.69 Å². The Morgan fingerprint density at radius 3 is 2.77 bits per heavy atom. The Balaban J connectivity index is 1.72. The van der Waals surface area contributed by atoms with Gasteiger partial charge in [-0.25, -0.2) is 0 Å². The smallest absolute Gasteiger partial charge is 0.101 e. The van der Waals surface area contributed by atoms with Gasteiger partial charge in [-0.1, -0.05) is 46.3 Å². The Hall–Kier alpha value is -1.83. The highest BCUT2D eigenvalue weighted by Gasteiger charge is 2.24. The van der Waals surface area contributed by atoms with Crippen LogP contribution in [0.1, 0.15) is 30.1 Å². The molecule has 1 fully saturated rings. The van der Waals surface area contributed by atoms with E-state index in [4.69, 9.17) is 4.74 Å². The second-order valence-electron chi connectivity index (χ2n) is 5.44. The van der Waals surface area contributed by atoms with Gasteiger partial charge in [0.2, 0.25) is 0 Å². The van der Waals surface area contributed by atoms with Crippen LogP contribution in [0.5, 0.6) is 0 Å². The van der Waals surface area contributed by atoms with Crippen LogP contribution in [-0.2, 0) is 4.74 Å². The molecule has 2 atom stereocenters. The zero-order valence-electron chi connectivity index (χ0n) is 12.1. The van der Waals surface area contributed by atoms with E-state index >= 15 is 0 Å². The number of anilines is 1. The molecule has 0 spiro atoms. The van der Waals surface area contributed by atoms with Gasteiger partial charge in [0, 0.05) is 17.1 Å². The van der Waals surface area contributed by atoms with Gasteiger partial charge in [0.25, 0.3) is 0 Å². The predicted octanol–water partition coefficient (Wildman–Crippen LogP) is 4.65. The van der Waals surface area contributed by atoms with E-state index in [1.54, 1.807) is 0 Å². The first-order valence-corrected chi connectivity index (χ1v) is 8.18. The molecule has 0 radical (unpaired) electrons. The monoisotopic (exact) mass is 356 g/mol. The number of halogens is 1. The van der Waals surface area contributed by atoms with Crippen molar-refractivity contribution in [3.63, 3.8) is 0 Å². The highest BCUT2D eigenvalue weighted by Crippen LogP contribution is 2.30. The summed E-state index contributed by atoms with van der Waals surface area (Å²) in [6, 6.07) is 18.6. The molecular formula is C18H17BrN2O. The molecule has 2 aromatic rings. The van der Waals surface area contributed by atoms with Crippen LogP contribution in [0.15, 0.2) is 53.0 Å². The first-order chi connectivity index (χ1) is 10.8. The third-order valence-electron chi connectivity index (χ3n) is 3.92. The molecule has 0 aliphatic carbocycles. The Morgan fingerprint density at radius 1 is 1.18 bits per heavy atom. The highest BCUT2D eigenvalue weighted by atomic mass is 79.9. The first kappa shape index (κ1) is 15.1. The van der Waals surface area contributed by atoms with Crippen LogP contribution in [0.25, 0.3) is 0 Å². The molecule has 2 aromatic carbocycles. The lowest BCUT2D eigenvalue weighted by molar-refractivity contribution is 0.00979. The number of benzene rings is 2. The van der Waals surface area contributed by atoms with Crippen molar-refractivity contribution in [2.45, 2.75) is 25.0 Å². The Bertz CT molecular complexity index is 681. The topological polar surface area (TPSA) is 45.0 Å². The van der Waals surface area contributed by atoms with Crippen molar-refractivity contribution >= 4 is 21.6 Å². The average Bonchev–Trinajstić information content (AvgIpc) is 2.57. The van der Waals surface area contributed by atoms with Crippen molar-refractivity contribution in [2.75, 3.05) is 11.9 Å². The molecule has 112 valence electrons. The molecule has 1 saturated heterocycles. The summed E-state index contributed by atoms with van der Waals surface area (Å²) in [4.78, 5) is 0. The van der Waals surface area contributed by atoms with Crippen LogP contribution in [-0.4, -0.2) is 12.6 Å². The molecule has 0 saturated carbocycles. The van der Waals surface area contributed by atoms with E-state index in [9.17, 15) is 5.26 Å². The predicted molar refractivity (Wildman–Crippen MR) is 90.6 cm³/mol. The Kier molecular flexibility index (Phi) is 4.77. The number of hydrogen-bond donors (Lipinski definition) is 1. The van der Waals surface area contributed by atoms with Gasteiger partial charge in [-0.15, -0.1) is 0 Å². The molecule has 3 rings (SSSR count). The summed E-state index contributed by atoms with van der Waals surface area (Å²) in [6.07, 6.45) is 1.98. The van der Waals surface area contributed by atoms with E-state index in [1.807, 2.05) is 36.4 Å². The zero-order chi connectivity index (χ0) is 15.4. The van der Waals surface area contributed by atoms with Gasteiger partial charge in [-0.3, -0.25) is 0 Å². The van der Waals surface area contributed by atoms with Gasteiger partial charge in [0.1, 0.15) is 6.07 Å². The maximum atomic E-state index is 9.27. The molecule has 4 heteroatoms. The summed E-state index contributed by atoms with van der Waals surface area (Å²) in [5, 5.41) is 12.8. The minimum atomic E-state index is 0.119. The van der Waals surface area contributed by atoms with Crippen LogP contribution >= 0.6 is 15.9 Å². The highest BCUT2D eigenvalue weighted by molar-refractivity contribution is 9.10. The van der Waals surface area contributed by atoms with E-state index in [1.165, 1.54) is 5.56 Å². The van der Waals surface area contributed by atoms with E-state index in [2.05, 4.69) is 39.4 Å². The molecular weight excluding hydrogens is 340 g/mol. The third kappa shape index (κ3) is 3.49. The molecule has 1 aliphatic rings. The van der Waals surface area contributed by atoms with E-state index < -0.39 is 0 Å². The minimum Gasteiger partial charge on any atom is -0.381 e. The standard InChI is InChI=1S/C18H17BrN2O/c19-15-6-7-17(14(10-15)12-20)21-16-8-9-22-18(11-16)13-4-2-1-3-5-13/h1-7,10,16,18,21H,8-9,11H2. The van der Waals surface area contributed by atoms with Crippen molar-refractivity contribution in [3.8, 4) is 6.07 Å². The van der Waals surface area contributed by atoms with Gasteiger partial charge in [0.05, 0.1) is 17.4 Å². The minimum absolute atomic E-state index is 0.119. The third-order valence-corrected chi connectivity index (χ3v) is 4.41. The fourth-order valence-corrected chi connectivity index (χ4v) is 3.14. The molecule has 0 amide bonds. The molecule has 0 aromatic heterocycles. The van der Waals surface area contributed by atoms with Gasteiger partial charge in [-0.05, 0) is 36.6 Å². The summed E-state index contributed by atoms with van der Waals surface area (Å²) < 4.78 is 6.82. The fraction of sp³-hybridized carbons (Fsp3) is 0.278. The fourth-order valence-electron chi connectivity index (χ4n) is 2.78. The SMILES string of the molecule is N#Cc1cc(Br)ccc1NC1CCOC(c2ccccc2)C1. The summed E-state index contributed by atoms with van der Waals surface area (Å²) in [6.45, 7) is 0.732. The quantitative estimate of drug-likeness (QED) is 0.870. The second-order valence-corrected chi connectivity index (χ2v) is 6.35. The Morgan fingerprint density at radius 2 is 2.00 bits per heavy atom. The van der Waals surface area contributed by atoms with Gasteiger partial charge in [0.15, 0.2) is 0 Å². The van der Waals surface area contributed by atoms with Crippen LogP contribution in [0.3, 0.4) is 0 Å². The number of rotatable bonds is 3. The number of hydrogen-bond acceptors (Lipinski definition) is 3. The molecule has 1 N–H and O–H groups in total. The summed E-state index contributed by atoms with van der Waals surface area (Å²) in [7, 11) is 0. The summed E-state index contributed by atoms with van der Waals surface area (Å²) in [5.41, 5.74) is 2.77. The van der Waals surface area contributed by atoms with Crippen molar-refractivity contribution in [3.05, 3.63) is 64.1 Å². The van der Waals surface area contributed by atoms with Crippen molar-refractivity contribution in [1.82, 2.24) is 0 Å². The molecule has 1 aliphatic heterocycles. The first-order valence-electron chi connectivity index (χ1n) is 7.39. The summed E-state index contributed by atoms with van der Waals surface area (Å²) >= 11 is 3.40. The van der Waals surface area contributed by atoms with Gasteiger partial charge >= 0.3 is 0 Å². The van der Waals surface area contributed by atoms with E-state index in [-0.39, 0.29) is 6.10 Å². The van der Waals surface area contributed by atoms with Gasteiger partial charge < -0.3 is 10.1 Å². The lowest BCUT2D eigenvalue weighted by Crippen LogP contribution is -2.30. The van der Waals surface area contributed by atoms with E-state index in [0.29, 0.717) is 11.6 Å². The molecule has 3 nitrogen and oxygen atoms in total. The maximum absolute atomic E-state index is 9.27. The lowest BCUT2D eigenvalue weighted by atomic mass is 9.97. The zero-order valence-corrected chi connectivity index (χ0v) is 13.7. The Labute approximate surface area is 139 Å². The van der Waals surface area contributed by atoms with Crippen LogP contribution in [0, 0.1) is 11.3 Å². The second kappa shape index (κ2) is 6.95. The van der Waals surface area contributed by atoms with Crippen molar-refractivity contribution in [1.29, 1.82) is 5.26 Å². The van der Waals surface area contributed by atoms with E-state index in [0.717, 1.165) is 29.6 Å². The molecule has 2 unspecified atom stereocenters. The maximum Gasteiger partial charge on any atom is 0.101 e. The number of nitriles is 1. The normalized spacial score (nSPS) is 21.1.